The summed E-state index contributed by atoms with van der Waals surface area (Å²) in [5.74, 6) is -0.343. The number of hydrogen-bond donors (Lipinski definition) is 1. The van der Waals surface area contributed by atoms with E-state index in [-0.39, 0.29) is 5.92 Å². The first-order valence-electron chi connectivity index (χ1n) is 6.40. The molecule has 104 valence electrons. The van der Waals surface area contributed by atoms with Gasteiger partial charge < -0.3 is 5.11 Å². The van der Waals surface area contributed by atoms with Crippen molar-refractivity contribution in [3.05, 3.63) is 20.3 Å². The molecule has 1 saturated heterocycles. The van der Waals surface area contributed by atoms with Crippen molar-refractivity contribution < 1.29 is 9.90 Å². The molecule has 2 atom stereocenters. The molecule has 3 rings (SSSR count). The second kappa shape index (κ2) is 4.92. The Labute approximate surface area is 126 Å². The maximum absolute atomic E-state index is 11.6. The van der Waals surface area contributed by atoms with Crippen LogP contribution in [-0.2, 0) is 11.3 Å². The Kier molecular flexibility index (Phi) is 3.54. The number of rotatable bonds is 3. The van der Waals surface area contributed by atoms with Crippen molar-refractivity contribution in [2.75, 3.05) is 13.1 Å². The molecule has 2 heterocycles. The third kappa shape index (κ3) is 2.19. The van der Waals surface area contributed by atoms with Gasteiger partial charge in [-0.1, -0.05) is 29.6 Å². The fourth-order valence-electron chi connectivity index (χ4n) is 3.56. The first-order valence-corrected chi connectivity index (χ1v) is 8.03. The maximum atomic E-state index is 11.6. The lowest BCUT2D eigenvalue weighted by Crippen LogP contribution is -2.35. The average Bonchev–Trinajstić information content (AvgIpc) is 2.97. The van der Waals surface area contributed by atoms with Crippen LogP contribution >= 0.6 is 34.5 Å². The Hall–Kier alpha value is -0.290. The van der Waals surface area contributed by atoms with E-state index in [4.69, 9.17) is 23.2 Å². The molecule has 1 aromatic rings. The monoisotopic (exact) mass is 319 g/mol. The van der Waals surface area contributed by atoms with Crippen LogP contribution in [0.25, 0.3) is 0 Å². The van der Waals surface area contributed by atoms with Crippen molar-refractivity contribution in [1.29, 1.82) is 0 Å². The lowest BCUT2D eigenvalue weighted by molar-refractivity contribution is -0.149. The van der Waals surface area contributed by atoms with E-state index in [0.717, 1.165) is 31.4 Å². The highest BCUT2D eigenvalue weighted by Crippen LogP contribution is 2.49. The normalized spacial score (nSPS) is 30.7. The predicted octanol–water partition coefficient (Wildman–Crippen LogP) is 3.74. The number of halogens is 2. The molecule has 0 unspecified atom stereocenters. The molecule has 2 fully saturated rings. The molecule has 0 aromatic carbocycles. The third-order valence-electron chi connectivity index (χ3n) is 4.52. The first-order chi connectivity index (χ1) is 9.03. The van der Waals surface area contributed by atoms with Gasteiger partial charge in [0.15, 0.2) is 0 Å². The van der Waals surface area contributed by atoms with Gasteiger partial charge in [-0.05, 0) is 29.7 Å². The SMILES string of the molecule is O=C(O)[C@@]12CCC[C@H]1CN(Cc1csc(Cl)c1Cl)C2. The molecule has 1 aliphatic heterocycles. The highest BCUT2D eigenvalue weighted by molar-refractivity contribution is 7.15. The van der Waals surface area contributed by atoms with Crippen LogP contribution in [0, 0.1) is 11.3 Å². The zero-order chi connectivity index (χ0) is 13.6. The van der Waals surface area contributed by atoms with Crippen LogP contribution in [0.2, 0.25) is 9.36 Å². The number of likely N-dealkylation sites (tertiary alicyclic amines) is 1. The lowest BCUT2D eigenvalue weighted by Gasteiger charge is -2.23. The minimum atomic E-state index is -0.632. The van der Waals surface area contributed by atoms with E-state index in [2.05, 4.69) is 4.90 Å². The topological polar surface area (TPSA) is 40.5 Å². The molecule has 0 bridgehead atoms. The molecule has 1 N–H and O–H groups in total. The maximum Gasteiger partial charge on any atom is 0.311 e. The van der Waals surface area contributed by atoms with Crippen molar-refractivity contribution in [2.24, 2.45) is 11.3 Å². The molecular formula is C13H15Cl2NO2S. The third-order valence-corrected chi connectivity index (χ3v) is 6.43. The fraction of sp³-hybridized carbons (Fsp3) is 0.615. The van der Waals surface area contributed by atoms with Gasteiger partial charge in [0.05, 0.1) is 10.4 Å². The van der Waals surface area contributed by atoms with Gasteiger partial charge in [0, 0.05) is 19.6 Å². The Bertz CT molecular complexity index is 519. The summed E-state index contributed by atoms with van der Waals surface area (Å²) in [6.45, 7) is 2.19. The van der Waals surface area contributed by atoms with E-state index < -0.39 is 11.4 Å². The molecule has 1 saturated carbocycles. The fourth-order valence-corrected chi connectivity index (χ4v) is 4.80. The molecule has 1 aromatic heterocycles. The number of thiophene rings is 1. The van der Waals surface area contributed by atoms with Gasteiger partial charge >= 0.3 is 5.97 Å². The summed E-state index contributed by atoms with van der Waals surface area (Å²) in [7, 11) is 0. The van der Waals surface area contributed by atoms with Crippen LogP contribution in [0.1, 0.15) is 24.8 Å². The Balaban J connectivity index is 1.76. The van der Waals surface area contributed by atoms with Gasteiger partial charge in [0.1, 0.15) is 4.34 Å². The first kappa shape index (κ1) is 13.7. The van der Waals surface area contributed by atoms with Crippen molar-refractivity contribution in [1.82, 2.24) is 4.90 Å². The molecular weight excluding hydrogens is 305 g/mol. The van der Waals surface area contributed by atoms with E-state index in [1.807, 2.05) is 5.38 Å². The Morgan fingerprint density at radius 2 is 2.37 bits per heavy atom. The Morgan fingerprint density at radius 3 is 2.95 bits per heavy atom. The summed E-state index contributed by atoms with van der Waals surface area (Å²) in [6, 6.07) is 0. The predicted molar refractivity (Wildman–Crippen MR) is 77.0 cm³/mol. The highest BCUT2D eigenvalue weighted by atomic mass is 35.5. The second-order valence-corrected chi connectivity index (χ2v) is 7.43. The molecule has 19 heavy (non-hydrogen) atoms. The van der Waals surface area contributed by atoms with Gasteiger partial charge in [0.2, 0.25) is 0 Å². The van der Waals surface area contributed by atoms with Gasteiger partial charge in [-0.15, -0.1) is 11.3 Å². The minimum Gasteiger partial charge on any atom is -0.481 e. The van der Waals surface area contributed by atoms with Gasteiger partial charge in [-0.3, -0.25) is 9.69 Å². The average molecular weight is 320 g/mol. The van der Waals surface area contributed by atoms with Crippen molar-refractivity contribution in [2.45, 2.75) is 25.8 Å². The van der Waals surface area contributed by atoms with Gasteiger partial charge in [0.25, 0.3) is 0 Å². The molecule has 0 spiro atoms. The zero-order valence-corrected chi connectivity index (χ0v) is 12.7. The smallest absolute Gasteiger partial charge is 0.311 e. The molecule has 1 aliphatic carbocycles. The summed E-state index contributed by atoms with van der Waals surface area (Å²) in [5.41, 5.74) is 0.490. The van der Waals surface area contributed by atoms with Crippen LogP contribution in [0.3, 0.4) is 0 Å². The van der Waals surface area contributed by atoms with Crippen LogP contribution in [0.5, 0.6) is 0 Å². The second-order valence-electron chi connectivity index (χ2n) is 5.57. The van der Waals surface area contributed by atoms with Crippen LogP contribution in [0.15, 0.2) is 5.38 Å². The minimum absolute atomic E-state index is 0.290. The van der Waals surface area contributed by atoms with Crippen molar-refractivity contribution in [3.63, 3.8) is 0 Å². The zero-order valence-electron chi connectivity index (χ0n) is 10.4. The molecule has 6 heteroatoms. The number of aliphatic carboxylic acids is 1. The van der Waals surface area contributed by atoms with E-state index >= 15 is 0 Å². The standard InChI is InChI=1S/C13H15Cl2NO2S/c14-10-8(6-19-11(10)15)4-16-5-9-2-1-3-13(9,7-16)12(17)18/h6,9H,1-5,7H2,(H,17,18)/t9-,13+/m0/s1. The van der Waals surface area contributed by atoms with Crippen LogP contribution < -0.4 is 0 Å². The van der Waals surface area contributed by atoms with E-state index in [1.54, 1.807) is 0 Å². The number of carbonyl (C=O) groups is 1. The molecule has 2 aliphatic rings. The largest absolute Gasteiger partial charge is 0.481 e. The van der Waals surface area contributed by atoms with Crippen molar-refractivity contribution in [3.8, 4) is 0 Å². The van der Waals surface area contributed by atoms with E-state index in [9.17, 15) is 9.90 Å². The molecule has 0 radical (unpaired) electrons. The lowest BCUT2D eigenvalue weighted by atomic mass is 9.81. The van der Waals surface area contributed by atoms with Gasteiger partial charge in [-0.2, -0.15) is 0 Å². The number of fused-ring (bicyclic) bond motifs is 1. The van der Waals surface area contributed by atoms with E-state index in [1.165, 1.54) is 11.3 Å². The van der Waals surface area contributed by atoms with Gasteiger partial charge in [-0.25, -0.2) is 0 Å². The van der Waals surface area contributed by atoms with Crippen LogP contribution in [0.4, 0.5) is 0 Å². The summed E-state index contributed by atoms with van der Waals surface area (Å²) < 4.78 is 0.615. The van der Waals surface area contributed by atoms with Crippen molar-refractivity contribution >= 4 is 40.5 Å². The van der Waals surface area contributed by atoms with E-state index in [0.29, 0.717) is 22.4 Å². The Morgan fingerprint density at radius 1 is 1.58 bits per heavy atom. The number of nitrogens with zero attached hydrogens (tertiary/aromatic N) is 1. The number of hydrogen-bond acceptors (Lipinski definition) is 3. The summed E-state index contributed by atoms with van der Waals surface area (Å²) >= 11 is 13.5. The number of carboxylic acid groups (broad SMARTS) is 1. The number of carboxylic acids is 1. The van der Waals surface area contributed by atoms with Crippen LogP contribution in [-0.4, -0.2) is 29.1 Å². The summed E-state index contributed by atoms with van der Waals surface area (Å²) in [6.07, 6.45) is 2.87. The highest BCUT2D eigenvalue weighted by Gasteiger charge is 2.54. The molecule has 0 amide bonds. The molecule has 3 nitrogen and oxygen atoms in total. The summed E-state index contributed by atoms with van der Waals surface area (Å²) in [4.78, 5) is 13.8. The summed E-state index contributed by atoms with van der Waals surface area (Å²) in [5, 5.41) is 12.1. The quantitative estimate of drug-likeness (QED) is 0.922.